The van der Waals surface area contributed by atoms with Gasteiger partial charge in [0.25, 0.3) is 5.91 Å². The molecule has 88 valence electrons. The van der Waals surface area contributed by atoms with E-state index in [-0.39, 0.29) is 17.6 Å². The summed E-state index contributed by atoms with van der Waals surface area (Å²) in [6.45, 7) is 3.90. The molecule has 0 unspecified atom stereocenters. The Hall–Kier alpha value is -1.97. The summed E-state index contributed by atoms with van der Waals surface area (Å²) in [6.07, 6.45) is 1.58. The number of rotatable bonds is 2. The molecule has 0 bridgehead atoms. The molecule has 0 spiro atoms. The molecule has 0 saturated carbocycles. The first kappa shape index (κ1) is 11.5. The van der Waals surface area contributed by atoms with Crippen LogP contribution < -0.4 is 5.32 Å². The highest BCUT2D eigenvalue weighted by atomic mass is 19.1. The number of hydrogen-bond donors (Lipinski definition) is 1. The van der Waals surface area contributed by atoms with Crippen LogP contribution in [0.1, 0.15) is 19.4 Å². The lowest BCUT2D eigenvalue weighted by Gasteiger charge is -2.01. The topological polar surface area (TPSA) is 41.5 Å². The van der Waals surface area contributed by atoms with Gasteiger partial charge in [-0.2, -0.15) is 0 Å². The van der Waals surface area contributed by atoms with Gasteiger partial charge in [-0.25, -0.2) is 9.38 Å². The predicted molar refractivity (Wildman–Crippen MR) is 64.8 cm³/mol. The third-order valence-corrected chi connectivity index (χ3v) is 2.41. The van der Waals surface area contributed by atoms with Gasteiger partial charge in [-0.05, 0) is 23.8 Å². The van der Waals surface area contributed by atoms with Crippen LogP contribution in [0.25, 0.3) is 6.08 Å². The van der Waals surface area contributed by atoms with E-state index in [9.17, 15) is 9.18 Å². The summed E-state index contributed by atoms with van der Waals surface area (Å²) in [6, 6.07) is 6.05. The van der Waals surface area contributed by atoms with E-state index in [0.717, 1.165) is 0 Å². The van der Waals surface area contributed by atoms with Crippen molar-refractivity contribution in [2.75, 3.05) is 0 Å². The summed E-state index contributed by atoms with van der Waals surface area (Å²) in [7, 11) is 0. The molecule has 0 saturated heterocycles. The summed E-state index contributed by atoms with van der Waals surface area (Å²) < 4.78 is 13.0. The quantitative estimate of drug-likeness (QED) is 0.781. The smallest absolute Gasteiger partial charge is 0.275 e. The summed E-state index contributed by atoms with van der Waals surface area (Å²) >= 11 is 0. The number of aliphatic imine (C=N–C) groups is 1. The number of carbonyl (C=O) groups is 1. The van der Waals surface area contributed by atoms with Crippen LogP contribution in [0.2, 0.25) is 0 Å². The van der Waals surface area contributed by atoms with Crippen LogP contribution in [0.4, 0.5) is 4.39 Å². The zero-order valence-electron chi connectivity index (χ0n) is 9.70. The van der Waals surface area contributed by atoms with Crippen LogP contribution in [0, 0.1) is 11.7 Å². The van der Waals surface area contributed by atoms with Crippen molar-refractivity contribution in [2.24, 2.45) is 10.9 Å². The zero-order valence-corrected chi connectivity index (χ0v) is 9.70. The molecule has 2 rings (SSSR count). The Balaban J connectivity index is 2.31. The Morgan fingerprint density at radius 2 is 2.18 bits per heavy atom. The number of hydrogen-bond acceptors (Lipinski definition) is 2. The molecule has 1 aliphatic heterocycles. The highest BCUT2D eigenvalue weighted by Crippen LogP contribution is 2.15. The lowest BCUT2D eigenvalue weighted by Crippen LogP contribution is -2.27. The van der Waals surface area contributed by atoms with Crippen molar-refractivity contribution in [2.45, 2.75) is 13.8 Å². The number of halogens is 1. The first-order valence-corrected chi connectivity index (χ1v) is 5.43. The van der Waals surface area contributed by atoms with Crippen molar-refractivity contribution in [3.8, 4) is 0 Å². The van der Waals surface area contributed by atoms with Crippen LogP contribution in [-0.2, 0) is 4.79 Å². The van der Waals surface area contributed by atoms with E-state index in [1.165, 1.54) is 12.1 Å². The van der Waals surface area contributed by atoms with Crippen LogP contribution in [-0.4, -0.2) is 11.7 Å². The van der Waals surface area contributed by atoms with Gasteiger partial charge < -0.3 is 5.32 Å². The Kier molecular flexibility index (Phi) is 3.04. The van der Waals surface area contributed by atoms with E-state index in [1.54, 1.807) is 18.2 Å². The first-order valence-electron chi connectivity index (χ1n) is 5.43. The van der Waals surface area contributed by atoms with Gasteiger partial charge in [-0.1, -0.05) is 26.0 Å². The molecule has 4 heteroatoms. The minimum absolute atomic E-state index is 0.164. The molecule has 1 amide bonds. The van der Waals surface area contributed by atoms with Crippen LogP contribution in [0.3, 0.4) is 0 Å². The fourth-order valence-electron chi connectivity index (χ4n) is 1.51. The largest absolute Gasteiger partial charge is 0.308 e. The molecular formula is C13H13FN2O. The van der Waals surface area contributed by atoms with Crippen molar-refractivity contribution in [1.82, 2.24) is 5.32 Å². The predicted octanol–water partition coefficient (Wildman–Crippen LogP) is 2.35. The van der Waals surface area contributed by atoms with E-state index in [4.69, 9.17) is 0 Å². The molecule has 1 aliphatic rings. The molecule has 0 atom stereocenters. The number of amides is 1. The Morgan fingerprint density at radius 1 is 1.41 bits per heavy atom. The normalized spacial score (nSPS) is 17.5. The van der Waals surface area contributed by atoms with Gasteiger partial charge >= 0.3 is 0 Å². The lowest BCUT2D eigenvalue weighted by molar-refractivity contribution is -0.115. The summed E-state index contributed by atoms with van der Waals surface area (Å²) in [4.78, 5) is 15.8. The second-order valence-electron chi connectivity index (χ2n) is 4.19. The third kappa shape index (κ3) is 2.58. The lowest BCUT2D eigenvalue weighted by atomic mass is 10.2. The van der Waals surface area contributed by atoms with Gasteiger partial charge in [0.15, 0.2) is 0 Å². The standard InChI is InChI=1S/C13H13FN2O/c1-8(2)12-15-11(13(17)16-12)7-9-4-3-5-10(14)6-9/h3-8H,1-2H3,(H,15,16,17)/b11-7+. The molecule has 0 aromatic heterocycles. The highest BCUT2D eigenvalue weighted by molar-refractivity contribution is 6.14. The zero-order chi connectivity index (χ0) is 12.4. The van der Waals surface area contributed by atoms with Crippen molar-refractivity contribution < 1.29 is 9.18 Å². The second-order valence-corrected chi connectivity index (χ2v) is 4.19. The fourth-order valence-corrected chi connectivity index (χ4v) is 1.51. The average Bonchev–Trinajstić information content (AvgIpc) is 2.61. The maximum absolute atomic E-state index is 13.0. The molecule has 0 aliphatic carbocycles. The van der Waals surface area contributed by atoms with E-state index >= 15 is 0 Å². The SMILES string of the molecule is CC(C)C1=N/C(=C/c2cccc(F)c2)C(=O)N1. The average molecular weight is 232 g/mol. The molecular weight excluding hydrogens is 219 g/mol. The van der Waals surface area contributed by atoms with E-state index < -0.39 is 0 Å². The van der Waals surface area contributed by atoms with Gasteiger partial charge in [-0.15, -0.1) is 0 Å². The maximum Gasteiger partial charge on any atom is 0.275 e. The molecule has 0 fully saturated rings. The highest BCUT2D eigenvalue weighted by Gasteiger charge is 2.21. The molecule has 3 nitrogen and oxygen atoms in total. The number of nitrogens with zero attached hydrogens (tertiary/aromatic N) is 1. The van der Waals surface area contributed by atoms with Gasteiger partial charge in [0.2, 0.25) is 0 Å². The molecule has 1 aromatic carbocycles. The molecule has 0 radical (unpaired) electrons. The number of amidine groups is 1. The van der Waals surface area contributed by atoms with Gasteiger partial charge in [0, 0.05) is 5.92 Å². The molecule has 17 heavy (non-hydrogen) atoms. The number of carbonyl (C=O) groups excluding carboxylic acids is 1. The first-order chi connectivity index (χ1) is 8.06. The van der Waals surface area contributed by atoms with Crippen LogP contribution in [0.15, 0.2) is 35.0 Å². The van der Waals surface area contributed by atoms with Crippen molar-refractivity contribution in [1.29, 1.82) is 0 Å². The monoisotopic (exact) mass is 232 g/mol. The van der Waals surface area contributed by atoms with E-state index in [1.807, 2.05) is 13.8 Å². The van der Waals surface area contributed by atoms with Crippen LogP contribution >= 0.6 is 0 Å². The second kappa shape index (κ2) is 4.49. The van der Waals surface area contributed by atoms with Gasteiger partial charge in [-0.3, -0.25) is 4.79 Å². The van der Waals surface area contributed by atoms with E-state index in [2.05, 4.69) is 10.3 Å². The minimum atomic E-state index is -0.328. The van der Waals surface area contributed by atoms with Gasteiger partial charge in [0.1, 0.15) is 17.3 Å². The Bertz CT molecular complexity index is 518. The number of nitrogens with one attached hydrogen (secondary N) is 1. The Labute approximate surface area is 99.1 Å². The third-order valence-electron chi connectivity index (χ3n) is 2.41. The van der Waals surface area contributed by atoms with Crippen molar-refractivity contribution in [3.05, 3.63) is 41.3 Å². The summed E-state index contributed by atoms with van der Waals surface area (Å²) in [5.41, 5.74) is 0.947. The van der Waals surface area contributed by atoms with Crippen LogP contribution in [0.5, 0.6) is 0 Å². The maximum atomic E-state index is 13.0. The minimum Gasteiger partial charge on any atom is -0.308 e. The number of benzene rings is 1. The molecule has 1 heterocycles. The molecule has 1 aromatic rings. The summed E-state index contributed by atoms with van der Waals surface area (Å²) in [5.74, 6) is 0.249. The van der Waals surface area contributed by atoms with Crippen molar-refractivity contribution >= 4 is 17.8 Å². The van der Waals surface area contributed by atoms with E-state index in [0.29, 0.717) is 17.1 Å². The van der Waals surface area contributed by atoms with Crippen molar-refractivity contribution in [3.63, 3.8) is 0 Å². The van der Waals surface area contributed by atoms with Gasteiger partial charge in [0.05, 0.1) is 0 Å². The molecule has 1 N–H and O–H groups in total. The Morgan fingerprint density at radius 3 is 2.76 bits per heavy atom. The summed E-state index contributed by atoms with van der Waals surface area (Å²) in [5, 5.41) is 2.69. The fraction of sp³-hybridized carbons (Fsp3) is 0.231.